The Labute approximate surface area is 99.5 Å². The second kappa shape index (κ2) is 4.97. The van der Waals surface area contributed by atoms with Gasteiger partial charge in [0.1, 0.15) is 11.6 Å². The van der Waals surface area contributed by atoms with Crippen molar-refractivity contribution < 1.29 is 10.2 Å². The molecule has 0 fully saturated rings. The molecule has 17 heavy (non-hydrogen) atoms. The van der Waals surface area contributed by atoms with Crippen LogP contribution >= 0.6 is 0 Å². The number of aromatic nitrogens is 1. The van der Waals surface area contributed by atoms with E-state index in [0.717, 1.165) is 18.9 Å². The molecule has 2 rings (SSSR count). The Morgan fingerprint density at radius 3 is 2.94 bits per heavy atom. The predicted molar refractivity (Wildman–Crippen MR) is 65.9 cm³/mol. The molecule has 0 unspecified atom stereocenters. The number of aliphatic imine (C=N–C) groups is 1. The van der Waals surface area contributed by atoms with E-state index < -0.39 is 0 Å². The van der Waals surface area contributed by atoms with Gasteiger partial charge in [0, 0.05) is 23.9 Å². The van der Waals surface area contributed by atoms with Crippen molar-refractivity contribution in [2.24, 2.45) is 4.99 Å². The van der Waals surface area contributed by atoms with E-state index >= 15 is 0 Å². The van der Waals surface area contributed by atoms with Gasteiger partial charge in [-0.25, -0.2) is 0 Å². The van der Waals surface area contributed by atoms with E-state index in [2.05, 4.69) is 15.3 Å². The van der Waals surface area contributed by atoms with Gasteiger partial charge in [-0.05, 0) is 19.1 Å². The second-order valence-electron chi connectivity index (χ2n) is 3.81. The molecule has 0 radical (unpaired) electrons. The predicted octanol–water partition coefficient (Wildman–Crippen LogP) is 0.603. The number of aliphatic hydroxyl groups excluding tert-OH is 1. The Balaban J connectivity index is 2.29. The third-order valence-electron chi connectivity index (χ3n) is 2.65. The lowest BCUT2D eigenvalue weighted by molar-refractivity contribution is 0.274. The molecule has 5 nitrogen and oxygen atoms in total. The molecule has 2 heterocycles. The summed E-state index contributed by atoms with van der Waals surface area (Å²) in [6, 6.07) is 0. The van der Waals surface area contributed by atoms with Crippen molar-refractivity contribution in [2.75, 3.05) is 13.1 Å². The molecule has 0 bridgehead atoms. The first-order valence-electron chi connectivity index (χ1n) is 5.47. The lowest BCUT2D eigenvalue weighted by Crippen LogP contribution is -2.15. The van der Waals surface area contributed by atoms with E-state index in [1.807, 2.05) is 6.08 Å². The molecule has 90 valence electrons. The summed E-state index contributed by atoms with van der Waals surface area (Å²) < 4.78 is 0. The fraction of sp³-hybridized carbons (Fsp3) is 0.333. The smallest absolute Gasteiger partial charge is 0.142 e. The number of hydrogen-bond acceptors (Lipinski definition) is 5. The molecule has 1 aliphatic rings. The molecule has 0 atom stereocenters. The van der Waals surface area contributed by atoms with Crippen LogP contribution in [0.15, 0.2) is 17.3 Å². The van der Waals surface area contributed by atoms with E-state index in [1.165, 1.54) is 0 Å². The number of rotatable bonds is 3. The molecule has 0 spiro atoms. The van der Waals surface area contributed by atoms with Crippen LogP contribution in [0.2, 0.25) is 0 Å². The lowest BCUT2D eigenvalue weighted by Gasteiger charge is -2.07. The fourth-order valence-electron chi connectivity index (χ4n) is 1.67. The maximum absolute atomic E-state index is 9.77. The molecule has 0 saturated heterocycles. The molecule has 5 heteroatoms. The van der Waals surface area contributed by atoms with Gasteiger partial charge < -0.3 is 15.5 Å². The van der Waals surface area contributed by atoms with Crippen molar-refractivity contribution in [3.63, 3.8) is 0 Å². The zero-order valence-corrected chi connectivity index (χ0v) is 9.64. The Morgan fingerprint density at radius 2 is 2.29 bits per heavy atom. The Kier molecular flexibility index (Phi) is 3.39. The standard InChI is InChI=1S/C12H15N3O2/c1-8-12(17)10(7-16)9(6-15-8)2-3-11-13-4-5-14-11/h2-3,6,16-17H,4-5,7H2,1H3,(H,13,14)/b3-2+. The highest BCUT2D eigenvalue weighted by Crippen LogP contribution is 2.24. The summed E-state index contributed by atoms with van der Waals surface area (Å²) in [6.45, 7) is 3.12. The number of aryl methyl sites for hydroxylation is 1. The van der Waals surface area contributed by atoms with Crippen LogP contribution in [0, 0.1) is 6.92 Å². The first-order valence-corrected chi connectivity index (χ1v) is 5.47. The second-order valence-corrected chi connectivity index (χ2v) is 3.81. The van der Waals surface area contributed by atoms with Crippen molar-refractivity contribution in [1.82, 2.24) is 10.3 Å². The van der Waals surface area contributed by atoms with Crippen molar-refractivity contribution in [3.05, 3.63) is 29.1 Å². The topological polar surface area (TPSA) is 77.7 Å². The summed E-state index contributed by atoms with van der Waals surface area (Å²) in [6.07, 6.45) is 5.24. The minimum Gasteiger partial charge on any atom is -0.506 e. The zero-order valence-electron chi connectivity index (χ0n) is 9.64. The van der Waals surface area contributed by atoms with Crippen molar-refractivity contribution >= 4 is 11.9 Å². The number of pyridine rings is 1. The van der Waals surface area contributed by atoms with Crippen molar-refractivity contribution in [1.29, 1.82) is 0 Å². The summed E-state index contributed by atoms with van der Waals surface area (Å²) in [5.41, 5.74) is 1.71. The van der Waals surface area contributed by atoms with Crippen LogP contribution in [0.1, 0.15) is 16.8 Å². The van der Waals surface area contributed by atoms with Gasteiger partial charge >= 0.3 is 0 Å². The highest BCUT2D eigenvalue weighted by Gasteiger charge is 2.09. The number of nitrogens with zero attached hydrogens (tertiary/aromatic N) is 2. The first kappa shape index (κ1) is 11.6. The summed E-state index contributed by atoms with van der Waals surface area (Å²) in [4.78, 5) is 8.28. The van der Waals surface area contributed by atoms with E-state index in [4.69, 9.17) is 0 Å². The van der Waals surface area contributed by atoms with Crippen LogP contribution in [0.25, 0.3) is 6.08 Å². The van der Waals surface area contributed by atoms with Crippen molar-refractivity contribution in [2.45, 2.75) is 13.5 Å². The summed E-state index contributed by atoms with van der Waals surface area (Å²) in [5.74, 6) is 0.866. The van der Waals surface area contributed by atoms with Gasteiger partial charge in [0.05, 0.1) is 18.8 Å². The van der Waals surface area contributed by atoms with Gasteiger partial charge in [0.15, 0.2) is 0 Å². The Morgan fingerprint density at radius 1 is 1.47 bits per heavy atom. The SMILES string of the molecule is Cc1ncc(/C=C/C2=NCCN2)c(CO)c1O. The molecule has 1 aromatic heterocycles. The molecule has 0 aromatic carbocycles. The third-order valence-corrected chi connectivity index (χ3v) is 2.65. The number of hydrogen-bond donors (Lipinski definition) is 3. The van der Waals surface area contributed by atoms with Crippen LogP contribution in [0.3, 0.4) is 0 Å². The summed E-state index contributed by atoms with van der Waals surface area (Å²) in [7, 11) is 0. The average molecular weight is 233 g/mol. The van der Waals surface area contributed by atoms with Crippen LogP contribution in [0.4, 0.5) is 0 Å². The maximum Gasteiger partial charge on any atom is 0.142 e. The van der Waals surface area contributed by atoms with Crippen molar-refractivity contribution in [3.8, 4) is 5.75 Å². The number of aromatic hydroxyl groups is 1. The highest BCUT2D eigenvalue weighted by atomic mass is 16.3. The molecule has 1 aromatic rings. The van der Waals surface area contributed by atoms with Gasteiger partial charge in [-0.15, -0.1) is 0 Å². The summed E-state index contributed by atoms with van der Waals surface area (Å²) in [5, 5.41) is 22.1. The largest absolute Gasteiger partial charge is 0.506 e. The maximum atomic E-state index is 9.77. The van der Waals surface area contributed by atoms with Gasteiger partial charge in [0.25, 0.3) is 0 Å². The number of aliphatic hydroxyl groups is 1. The van der Waals surface area contributed by atoms with Gasteiger partial charge in [0.2, 0.25) is 0 Å². The van der Waals surface area contributed by atoms with Gasteiger partial charge in [-0.1, -0.05) is 0 Å². The zero-order chi connectivity index (χ0) is 12.3. The minimum atomic E-state index is -0.214. The van der Waals surface area contributed by atoms with Gasteiger partial charge in [-0.3, -0.25) is 9.98 Å². The summed E-state index contributed by atoms with van der Waals surface area (Å²) >= 11 is 0. The van der Waals surface area contributed by atoms with E-state index in [1.54, 1.807) is 19.2 Å². The van der Waals surface area contributed by atoms with Crippen LogP contribution < -0.4 is 5.32 Å². The quantitative estimate of drug-likeness (QED) is 0.714. The lowest BCUT2D eigenvalue weighted by atomic mass is 10.1. The molecule has 0 saturated carbocycles. The van der Waals surface area contributed by atoms with Crippen LogP contribution in [-0.4, -0.2) is 34.1 Å². The average Bonchev–Trinajstić information content (AvgIpc) is 2.83. The normalized spacial score (nSPS) is 15.1. The third kappa shape index (κ3) is 2.45. The highest BCUT2D eigenvalue weighted by molar-refractivity contribution is 5.97. The molecular formula is C12H15N3O2. The fourth-order valence-corrected chi connectivity index (χ4v) is 1.67. The molecular weight excluding hydrogens is 218 g/mol. The molecule has 0 aliphatic carbocycles. The van der Waals surface area contributed by atoms with E-state index in [-0.39, 0.29) is 12.4 Å². The molecule has 0 amide bonds. The number of amidine groups is 1. The van der Waals surface area contributed by atoms with Crippen LogP contribution in [-0.2, 0) is 6.61 Å². The van der Waals surface area contributed by atoms with E-state index in [9.17, 15) is 10.2 Å². The Hall–Kier alpha value is -1.88. The van der Waals surface area contributed by atoms with Gasteiger partial charge in [-0.2, -0.15) is 0 Å². The van der Waals surface area contributed by atoms with E-state index in [0.29, 0.717) is 16.8 Å². The Bertz CT molecular complexity index is 481. The van der Waals surface area contributed by atoms with Crippen LogP contribution in [0.5, 0.6) is 5.75 Å². The monoisotopic (exact) mass is 233 g/mol. The first-order chi connectivity index (χ1) is 8.22. The molecule has 3 N–H and O–H groups in total. The number of nitrogens with one attached hydrogen (secondary N) is 1. The molecule has 1 aliphatic heterocycles. The minimum absolute atomic E-state index is 0.0518.